The van der Waals surface area contributed by atoms with E-state index in [1.54, 1.807) is 24.3 Å². The standard InChI is InChI=1S/C15H15FO4/c16-11-6-8-13(9-7-11)20-15(14(18)10-17)19-12-4-2-1-3-5-12/h1-9,14-15,17-18H,10H2. The number of para-hydroxylation sites is 1. The van der Waals surface area contributed by atoms with Gasteiger partial charge in [-0.2, -0.15) is 0 Å². The molecule has 20 heavy (non-hydrogen) atoms. The molecule has 0 aromatic heterocycles. The van der Waals surface area contributed by atoms with Gasteiger partial charge in [-0.25, -0.2) is 4.39 Å². The second kappa shape index (κ2) is 6.88. The zero-order chi connectivity index (χ0) is 14.4. The first-order chi connectivity index (χ1) is 9.69. The molecule has 2 aromatic rings. The second-order valence-electron chi connectivity index (χ2n) is 4.12. The molecule has 0 aliphatic rings. The van der Waals surface area contributed by atoms with Crippen molar-refractivity contribution < 1.29 is 24.1 Å². The number of hydrogen-bond donors (Lipinski definition) is 2. The highest BCUT2D eigenvalue weighted by molar-refractivity contribution is 5.24. The van der Waals surface area contributed by atoms with Gasteiger partial charge < -0.3 is 19.7 Å². The minimum atomic E-state index is -1.22. The van der Waals surface area contributed by atoms with Gasteiger partial charge in [-0.05, 0) is 36.4 Å². The van der Waals surface area contributed by atoms with Crippen molar-refractivity contribution >= 4 is 0 Å². The van der Waals surface area contributed by atoms with Crippen molar-refractivity contribution in [3.8, 4) is 11.5 Å². The summed E-state index contributed by atoms with van der Waals surface area (Å²) in [6.07, 6.45) is -2.31. The monoisotopic (exact) mass is 278 g/mol. The molecule has 0 radical (unpaired) electrons. The Morgan fingerprint density at radius 2 is 1.45 bits per heavy atom. The molecule has 2 unspecified atom stereocenters. The average Bonchev–Trinajstić information content (AvgIpc) is 2.49. The van der Waals surface area contributed by atoms with Crippen LogP contribution in [0.25, 0.3) is 0 Å². The van der Waals surface area contributed by atoms with E-state index in [1.807, 2.05) is 6.07 Å². The fourth-order valence-corrected chi connectivity index (χ4v) is 1.55. The van der Waals surface area contributed by atoms with E-state index in [4.69, 9.17) is 14.6 Å². The van der Waals surface area contributed by atoms with Gasteiger partial charge in [0.25, 0.3) is 6.29 Å². The average molecular weight is 278 g/mol. The maximum atomic E-state index is 12.8. The maximum Gasteiger partial charge on any atom is 0.268 e. The van der Waals surface area contributed by atoms with E-state index in [9.17, 15) is 9.50 Å². The maximum absolute atomic E-state index is 12.8. The lowest BCUT2D eigenvalue weighted by Crippen LogP contribution is -2.39. The summed E-state index contributed by atoms with van der Waals surface area (Å²) in [5.74, 6) is 0.438. The first-order valence-corrected chi connectivity index (χ1v) is 6.12. The van der Waals surface area contributed by atoms with Crippen molar-refractivity contribution in [1.29, 1.82) is 0 Å². The predicted octanol–water partition coefficient (Wildman–Crippen LogP) is 1.96. The van der Waals surface area contributed by atoms with Gasteiger partial charge in [0.2, 0.25) is 0 Å². The lowest BCUT2D eigenvalue weighted by Gasteiger charge is -2.23. The molecule has 2 rings (SSSR count). The molecule has 0 heterocycles. The lowest BCUT2D eigenvalue weighted by molar-refractivity contribution is -0.102. The zero-order valence-electron chi connectivity index (χ0n) is 10.6. The number of benzene rings is 2. The Morgan fingerprint density at radius 1 is 0.900 bits per heavy atom. The highest BCUT2D eigenvalue weighted by atomic mass is 19.1. The Morgan fingerprint density at radius 3 is 2.00 bits per heavy atom. The van der Waals surface area contributed by atoms with Crippen LogP contribution in [0.3, 0.4) is 0 Å². The fourth-order valence-electron chi connectivity index (χ4n) is 1.55. The van der Waals surface area contributed by atoms with Crippen LogP contribution in [0, 0.1) is 5.82 Å². The number of aliphatic hydroxyl groups is 2. The second-order valence-corrected chi connectivity index (χ2v) is 4.12. The van der Waals surface area contributed by atoms with Gasteiger partial charge in [0.15, 0.2) is 6.10 Å². The van der Waals surface area contributed by atoms with Gasteiger partial charge in [0, 0.05) is 0 Å². The molecular formula is C15H15FO4. The van der Waals surface area contributed by atoms with Crippen LogP contribution < -0.4 is 9.47 Å². The van der Waals surface area contributed by atoms with Crippen LogP contribution in [-0.4, -0.2) is 29.2 Å². The minimum Gasteiger partial charge on any atom is -0.452 e. The van der Waals surface area contributed by atoms with E-state index < -0.39 is 19.0 Å². The number of halogens is 1. The molecule has 106 valence electrons. The van der Waals surface area contributed by atoms with Crippen molar-refractivity contribution in [3.63, 3.8) is 0 Å². The summed E-state index contributed by atoms with van der Waals surface area (Å²) < 4.78 is 23.7. The van der Waals surface area contributed by atoms with E-state index in [0.29, 0.717) is 11.5 Å². The van der Waals surface area contributed by atoms with E-state index in [1.165, 1.54) is 24.3 Å². The highest BCUT2D eigenvalue weighted by Gasteiger charge is 2.22. The first kappa shape index (κ1) is 14.3. The molecule has 0 aliphatic heterocycles. The van der Waals surface area contributed by atoms with Gasteiger partial charge in [0.05, 0.1) is 6.61 Å². The summed E-state index contributed by atoms with van der Waals surface area (Å²) in [6.45, 7) is -0.515. The topological polar surface area (TPSA) is 58.9 Å². The molecule has 0 aliphatic carbocycles. The Kier molecular flexibility index (Phi) is 4.92. The molecule has 0 saturated heterocycles. The first-order valence-electron chi connectivity index (χ1n) is 6.12. The lowest BCUT2D eigenvalue weighted by atomic mass is 10.3. The summed E-state index contributed by atoms with van der Waals surface area (Å²) in [7, 11) is 0. The normalized spacial score (nSPS) is 13.6. The van der Waals surface area contributed by atoms with Crippen LogP contribution in [0.1, 0.15) is 0 Å². The van der Waals surface area contributed by atoms with Gasteiger partial charge in [-0.15, -0.1) is 0 Å². The molecule has 4 nitrogen and oxygen atoms in total. The summed E-state index contributed by atoms with van der Waals surface area (Å²) in [5, 5.41) is 18.8. The van der Waals surface area contributed by atoms with Gasteiger partial charge in [-0.3, -0.25) is 0 Å². The number of rotatable bonds is 6. The van der Waals surface area contributed by atoms with Crippen molar-refractivity contribution in [2.75, 3.05) is 6.61 Å². The predicted molar refractivity (Wildman–Crippen MR) is 71.0 cm³/mol. The van der Waals surface area contributed by atoms with Crippen molar-refractivity contribution in [1.82, 2.24) is 0 Å². The molecule has 0 bridgehead atoms. The molecule has 5 heteroatoms. The Hall–Kier alpha value is -2.11. The van der Waals surface area contributed by atoms with Gasteiger partial charge in [0.1, 0.15) is 17.3 Å². The smallest absolute Gasteiger partial charge is 0.268 e. The number of hydrogen-bond acceptors (Lipinski definition) is 4. The Balaban J connectivity index is 2.09. The summed E-state index contributed by atoms with van der Waals surface area (Å²) in [4.78, 5) is 0. The van der Waals surface area contributed by atoms with Crippen molar-refractivity contribution in [2.24, 2.45) is 0 Å². The summed E-state index contributed by atoms with van der Waals surface area (Å²) in [6, 6.07) is 14.1. The fraction of sp³-hybridized carbons (Fsp3) is 0.200. The van der Waals surface area contributed by atoms with Crippen LogP contribution in [0.15, 0.2) is 54.6 Å². The van der Waals surface area contributed by atoms with Crippen molar-refractivity contribution in [2.45, 2.75) is 12.4 Å². The third kappa shape index (κ3) is 3.94. The van der Waals surface area contributed by atoms with Crippen LogP contribution in [-0.2, 0) is 0 Å². The third-order valence-corrected chi connectivity index (χ3v) is 2.56. The Labute approximate surface area is 116 Å². The van der Waals surface area contributed by atoms with Crippen LogP contribution in [0.2, 0.25) is 0 Å². The highest BCUT2D eigenvalue weighted by Crippen LogP contribution is 2.18. The molecule has 2 N–H and O–H groups in total. The molecule has 0 fully saturated rings. The SMILES string of the molecule is OCC(O)C(Oc1ccccc1)Oc1ccc(F)cc1. The molecule has 0 spiro atoms. The largest absolute Gasteiger partial charge is 0.452 e. The molecule has 0 saturated carbocycles. The van der Waals surface area contributed by atoms with Gasteiger partial charge in [-0.1, -0.05) is 18.2 Å². The van der Waals surface area contributed by atoms with Crippen LogP contribution in [0.5, 0.6) is 11.5 Å². The molecule has 0 amide bonds. The molecule has 2 atom stereocenters. The third-order valence-electron chi connectivity index (χ3n) is 2.56. The molecule has 2 aromatic carbocycles. The van der Waals surface area contributed by atoms with Crippen LogP contribution >= 0.6 is 0 Å². The minimum absolute atomic E-state index is 0.333. The van der Waals surface area contributed by atoms with Crippen molar-refractivity contribution in [3.05, 3.63) is 60.4 Å². The van der Waals surface area contributed by atoms with E-state index in [2.05, 4.69) is 0 Å². The summed E-state index contributed by atoms with van der Waals surface area (Å²) >= 11 is 0. The number of ether oxygens (including phenoxy) is 2. The number of aliphatic hydroxyl groups excluding tert-OH is 2. The van der Waals surface area contributed by atoms with E-state index in [-0.39, 0.29) is 5.82 Å². The molecular weight excluding hydrogens is 263 g/mol. The van der Waals surface area contributed by atoms with Crippen LogP contribution in [0.4, 0.5) is 4.39 Å². The van der Waals surface area contributed by atoms with Gasteiger partial charge >= 0.3 is 0 Å². The zero-order valence-corrected chi connectivity index (χ0v) is 10.6. The summed E-state index contributed by atoms with van der Waals surface area (Å²) in [5.41, 5.74) is 0. The van der Waals surface area contributed by atoms with E-state index in [0.717, 1.165) is 0 Å². The quantitative estimate of drug-likeness (QED) is 0.793. The van der Waals surface area contributed by atoms with E-state index >= 15 is 0 Å². The Bertz CT molecular complexity index is 515.